The zero-order chi connectivity index (χ0) is 24.8. The van der Waals surface area contributed by atoms with Crippen LogP contribution in [-0.4, -0.2) is 45.4 Å². The maximum Gasteiger partial charge on any atom is 0.325 e. The van der Waals surface area contributed by atoms with Crippen molar-refractivity contribution in [1.29, 1.82) is 0 Å². The van der Waals surface area contributed by atoms with Gasteiger partial charge in [-0.3, -0.25) is 9.59 Å². The molecule has 1 aliphatic carbocycles. The molecule has 34 heavy (non-hydrogen) atoms. The minimum absolute atomic E-state index is 0.0455. The van der Waals surface area contributed by atoms with E-state index in [1.165, 1.54) is 0 Å². The van der Waals surface area contributed by atoms with Gasteiger partial charge in [0.15, 0.2) is 0 Å². The van der Waals surface area contributed by atoms with E-state index >= 15 is 0 Å². The van der Waals surface area contributed by atoms with Gasteiger partial charge in [0.1, 0.15) is 24.5 Å². The molecule has 0 saturated heterocycles. The number of carbonyl (C=O) groups is 2. The van der Waals surface area contributed by atoms with Crippen LogP contribution in [0.15, 0.2) is 24.3 Å². The predicted octanol–water partition coefficient (Wildman–Crippen LogP) is 4.26. The second-order valence-electron chi connectivity index (χ2n) is 8.81. The quantitative estimate of drug-likeness (QED) is 0.268. The van der Waals surface area contributed by atoms with Gasteiger partial charge in [0, 0.05) is 0 Å². The third kappa shape index (κ3) is 10.9. The Morgan fingerprint density at radius 3 is 2.32 bits per heavy atom. The first-order valence-corrected chi connectivity index (χ1v) is 14.0. The number of esters is 2. The molecule has 0 aliphatic heterocycles. The topological polar surface area (TPSA) is 108 Å². The van der Waals surface area contributed by atoms with Gasteiger partial charge in [0.05, 0.1) is 19.3 Å². The van der Waals surface area contributed by atoms with Crippen molar-refractivity contribution in [2.24, 2.45) is 0 Å². The van der Waals surface area contributed by atoms with Crippen molar-refractivity contribution in [2.75, 3.05) is 12.9 Å². The number of nitrogens with one attached hydrogen (secondary N) is 1. The van der Waals surface area contributed by atoms with Crippen LogP contribution < -0.4 is 9.46 Å². The van der Waals surface area contributed by atoms with Gasteiger partial charge in [0.2, 0.25) is 10.0 Å². The van der Waals surface area contributed by atoms with Crippen molar-refractivity contribution in [2.45, 2.75) is 96.3 Å². The van der Waals surface area contributed by atoms with E-state index in [-0.39, 0.29) is 18.5 Å². The third-order valence-electron chi connectivity index (χ3n) is 5.88. The van der Waals surface area contributed by atoms with E-state index < -0.39 is 34.4 Å². The molecule has 0 bridgehead atoms. The lowest BCUT2D eigenvalue weighted by Gasteiger charge is -2.19. The number of benzene rings is 1. The molecule has 9 heteroatoms. The Kier molecular flexibility index (Phi) is 12.4. The summed E-state index contributed by atoms with van der Waals surface area (Å²) in [4.78, 5) is 25.2. The van der Waals surface area contributed by atoms with E-state index in [0.29, 0.717) is 12.2 Å². The van der Waals surface area contributed by atoms with Gasteiger partial charge in [-0.15, -0.1) is 0 Å². The summed E-state index contributed by atoms with van der Waals surface area (Å²) in [6, 6.07) is 5.65. The molecule has 2 rings (SSSR count). The van der Waals surface area contributed by atoms with Crippen molar-refractivity contribution >= 4 is 22.0 Å². The van der Waals surface area contributed by atoms with Gasteiger partial charge < -0.3 is 14.2 Å². The highest BCUT2D eigenvalue weighted by atomic mass is 32.2. The molecule has 1 aromatic rings. The van der Waals surface area contributed by atoms with Crippen LogP contribution in [0.25, 0.3) is 0 Å². The summed E-state index contributed by atoms with van der Waals surface area (Å²) < 4.78 is 43.5. The fourth-order valence-corrected chi connectivity index (χ4v) is 5.22. The first-order valence-electron chi connectivity index (χ1n) is 12.3. The van der Waals surface area contributed by atoms with Gasteiger partial charge in [-0.2, -0.15) is 0 Å². The first kappa shape index (κ1) is 28.1. The average Bonchev–Trinajstić information content (AvgIpc) is 3.32. The number of sulfonamides is 1. The summed E-state index contributed by atoms with van der Waals surface area (Å²) in [5.41, 5.74) is 0.719. The molecule has 0 aromatic heterocycles. The second kappa shape index (κ2) is 15.0. The summed E-state index contributed by atoms with van der Waals surface area (Å²) in [5, 5.41) is 0. The van der Waals surface area contributed by atoms with E-state index in [1.54, 1.807) is 31.4 Å². The van der Waals surface area contributed by atoms with Crippen molar-refractivity contribution in [1.82, 2.24) is 4.72 Å². The Morgan fingerprint density at radius 2 is 1.68 bits per heavy atom. The molecule has 1 saturated carbocycles. The number of ether oxygens (including phenoxy) is 3. The molecule has 0 amide bonds. The Morgan fingerprint density at radius 1 is 1.03 bits per heavy atom. The first-order chi connectivity index (χ1) is 16.3. The Hall–Kier alpha value is -2.13. The fraction of sp³-hybridized carbons (Fsp3) is 0.680. The van der Waals surface area contributed by atoms with Crippen molar-refractivity contribution in [3.63, 3.8) is 0 Å². The van der Waals surface area contributed by atoms with Crippen LogP contribution in [0, 0.1) is 0 Å². The fourth-order valence-electron chi connectivity index (χ4n) is 3.90. The largest absolute Gasteiger partial charge is 0.497 e. The summed E-state index contributed by atoms with van der Waals surface area (Å²) >= 11 is 0. The van der Waals surface area contributed by atoms with Crippen molar-refractivity contribution in [3.05, 3.63) is 29.8 Å². The van der Waals surface area contributed by atoms with Crippen LogP contribution in [0.4, 0.5) is 0 Å². The minimum Gasteiger partial charge on any atom is -0.497 e. The number of unbranched alkanes of at least 4 members (excludes halogenated alkanes) is 5. The van der Waals surface area contributed by atoms with Gasteiger partial charge in [-0.25, -0.2) is 13.1 Å². The lowest BCUT2D eigenvalue weighted by Crippen LogP contribution is -2.44. The van der Waals surface area contributed by atoms with E-state index in [4.69, 9.17) is 14.2 Å². The molecular weight excluding hydrogens is 458 g/mol. The normalized spacial score (nSPS) is 15.1. The highest BCUT2D eigenvalue weighted by molar-refractivity contribution is 7.89. The number of methoxy groups -OCH3 is 1. The van der Waals surface area contributed by atoms with Crippen molar-refractivity contribution < 1.29 is 32.2 Å². The Bertz CT molecular complexity index is 849. The van der Waals surface area contributed by atoms with E-state index in [1.807, 2.05) is 0 Å². The van der Waals surface area contributed by atoms with Crippen LogP contribution in [-0.2, 0) is 35.7 Å². The lowest BCUT2D eigenvalue weighted by atomic mass is 10.1. The predicted molar refractivity (Wildman–Crippen MR) is 130 cm³/mol. The molecule has 0 radical (unpaired) electrons. The van der Waals surface area contributed by atoms with Crippen LogP contribution in [0.2, 0.25) is 0 Å². The number of rotatable bonds is 16. The van der Waals surface area contributed by atoms with Gasteiger partial charge >= 0.3 is 11.9 Å². The molecular formula is C25H39NO7S. The summed E-state index contributed by atoms with van der Waals surface area (Å²) in [5.74, 6) is -0.824. The molecule has 1 atom stereocenters. The minimum atomic E-state index is -3.76. The van der Waals surface area contributed by atoms with Gasteiger partial charge in [0.25, 0.3) is 0 Å². The zero-order valence-corrected chi connectivity index (χ0v) is 21.2. The highest BCUT2D eigenvalue weighted by Crippen LogP contribution is 2.22. The molecule has 0 spiro atoms. The summed E-state index contributed by atoms with van der Waals surface area (Å²) in [6.07, 6.45) is 8.64. The third-order valence-corrected chi connectivity index (χ3v) is 7.35. The average molecular weight is 498 g/mol. The lowest BCUT2D eigenvalue weighted by molar-refractivity contribution is -0.155. The number of hydrogen-bond acceptors (Lipinski definition) is 7. The number of carbonyl (C=O) groups excluding carboxylic acids is 2. The van der Waals surface area contributed by atoms with E-state index in [0.717, 1.165) is 63.4 Å². The molecule has 1 N–H and O–H groups in total. The monoisotopic (exact) mass is 497 g/mol. The zero-order valence-electron chi connectivity index (χ0n) is 20.4. The molecule has 0 unspecified atom stereocenters. The van der Waals surface area contributed by atoms with Crippen LogP contribution in [0.3, 0.4) is 0 Å². The molecule has 1 fully saturated rings. The SMILES string of the molecule is CCCCCCCCS(=O)(=O)N[C@@H](CC(=O)OC1CCCC1)C(=O)OCc1ccc(OC)cc1. The van der Waals surface area contributed by atoms with Gasteiger partial charge in [-0.1, -0.05) is 51.2 Å². The van der Waals surface area contributed by atoms with Crippen LogP contribution in [0.1, 0.15) is 83.1 Å². The van der Waals surface area contributed by atoms with E-state index in [9.17, 15) is 18.0 Å². The number of hydrogen-bond donors (Lipinski definition) is 1. The standard InChI is InChI=1S/C25H39NO7S/c1-3-4-5-6-7-10-17-34(29,30)26-23(18-24(27)33-22-11-8-9-12-22)25(28)32-19-20-13-15-21(31-2)16-14-20/h13-16,22-23,26H,3-12,17-19H2,1-2H3/t23-/m0/s1. The highest BCUT2D eigenvalue weighted by Gasteiger charge is 2.30. The molecule has 192 valence electrons. The maximum absolute atomic E-state index is 12.8. The van der Waals surface area contributed by atoms with E-state index in [2.05, 4.69) is 11.6 Å². The van der Waals surface area contributed by atoms with Crippen LogP contribution in [0.5, 0.6) is 5.75 Å². The summed E-state index contributed by atoms with van der Waals surface area (Å²) in [7, 11) is -2.20. The molecule has 0 heterocycles. The summed E-state index contributed by atoms with van der Waals surface area (Å²) in [6.45, 7) is 2.08. The molecule has 8 nitrogen and oxygen atoms in total. The maximum atomic E-state index is 12.8. The Labute approximate surface area is 203 Å². The molecule has 1 aliphatic rings. The second-order valence-corrected chi connectivity index (χ2v) is 10.7. The van der Waals surface area contributed by atoms with Gasteiger partial charge in [-0.05, 0) is 49.8 Å². The van der Waals surface area contributed by atoms with Crippen molar-refractivity contribution in [3.8, 4) is 5.75 Å². The smallest absolute Gasteiger partial charge is 0.325 e. The molecule has 1 aromatic carbocycles. The van der Waals surface area contributed by atoms with Crippen LogP contribution >= 0.6 is 0 Å². The Balaban J connectivity index is 1.94.